The van der Waals surface area contributed by atoms with E-state index in [4.69, 9.17) is 4.74 Å². The van der Waals surface area contributed by atoms with E-state index in [2.05, 4.69) is 0 Å². The molecule has 0 N–H and O–H groups in total. The molecule has 0 bridgehead atoms. The molecule has 0 aromatic rings. The molecule has 3 heteroatoms. The molecular weight excluding hydrogens is 160 g/mol. The SMILES string of the molecule is CCOC(=O)C(SC)=C(C)C. The molecule has 0 fully saturated rings. The van der Waals surface area contributed by atoms with E-state index in [-0.39, 0.29) is 5.97 Å². The third-order valence-corrected chi connectivity index (χ3v) is 2.10. The van der Waals surface area contributed by atoms with E-state index < -0.39 is 0 Å². The summed E-state index contributed by atoms with van der Waals surface area (Å²) in [4.78, 5) is 11.8. The lowest BCUT2D eigenvalue weighted by Crippen LogP contribution is -2.06. The number of carbonyl (C=O) groups is 1. The molecular formula is C8H14O2S. The second-order valence-corrected chi connectivity index (χ2v) is 3.07. The van der Waals surface area contributed by atoms with Gasteiger partial charge in [-0.25, -0.2) is 4.79 Å². The molecule has 0 heterocycles. The summed E-state index contributed by atoms with van der Waals surface area (Å²) < 4.78 is 4.84. The Morgan fingerprint density at radius 3 is 2.27 bits per heavy atom. The van der Waals surface area contributed by atoms with Gasteiger partial charge in [-0.15, -0.1) is 11.8 Å². The molecule has 2 nitrogen and oxygen atoms in total. The maximum Gasteiger partial charge on any atom is 0.344 e. The number of allylic oxidation sites excluding steroid dienone is 1. The van der Waals surface area contributed by atoms with Gasteiger partial charge in [-0.1, -0.05) is 5.57 Å². The maximum atomic E-state index is 11.1. The average Bonchev–Trinajstić information content (AvgIpc) is 1.88. The summed E-state index contributed by atoms with van der Waals surface area (Å²) in [6.45, 7) is 6.06. The van der Waals surface area contributed by atoms with Gasteiger partial charge in [-0.05, 0) is 27.0 Å². The maximum absolute atomic E-state index is 11.1. The first kappa shape index (κ1) is 10.6. The van der Waals surface area contributed by atoms with Crippen molar-refractivity contribution in [2.24, 2.45) is 0 Å². The van der Waals surface area contributed by atoms with Gasteiger partial charge < -0.3 is 4.74 Å². The molecule has 11 heavy (non-hydrogen) atoms. The molecule has 0 aliphatic rings. The number of hydrogen-bond donors (Lipinski definition) is 0. The highest BCUT2D eigenvalue weighted by atomic mass is 32.2. The summed E-state index contributed by atoms with van der Waals surface area (Å²) in [6.07, 6.45) is 1.87. The average molecular weight is 174 g/mol. The minimum atomic E-state index is -0.208. The van der Waals surface area contributed by atoms with Gasteiger partial charge in [0.05, 0.1) is 11.5 Å². The van der Waals surface area contributed by atoms with Crippen LogP contribution in [-0.4, -0.2) is 18.8 Å². The van der Waals surface area contributed by atoms with Crippen LogP contribution in [0.15, 0.2) is 10.5 Å². The summed E-state index contributed by atoms with van der Waals surface area (Å²) in [5.41, 5.74) is 1.01. The van der Waals surface area contributed by atoms with Gasteiger partial charge in [0.25, 0.3) is 0 Å². The van der Waals surface area contributed by atoms with Crippen LogP contribution in [0.3, 0.4) is 0 Å². The van der Waals surface area contributed by atoms with Crippen LogP contribution < -0.4 is 0 Å². The quantitative estimate of drug-likeness (QED) is 0.484. The first-order chi connectivity index (χ1) is 5.13. The van der Waals surface area contributed by atoms with Crippen molar-refractivity contribution in [3.05, 3.63) is 10.5 Å². The van der Waals surface area contributed by atoms with Crippen LogP contribution in [0.1, 0.15) is 20.8 Å². The Labute approximate surface area is 72.0 Å². The molecule has 0 aliphatic carbocycles. The highest BCUT2D eigenvalue weighted by molar-refractivity contribution is 8.03. The lowest BCUT2D eigenvalue weighted by molar-refractivity contribution is -0.137. The monoisotopic (exact) mass is 174 g/mol. The third kappa shape index (κ3) is 3.46. The molecule has 0 spiro atoms. The number of esters is 1. The predicted octanol–water partition coefficient (Wildman–Crippen LogP) is 2.21. The van der Waals surface area contributed by atoms with Gasteiger partial charge in [-0.3, -0.25) is 0 Å². The van der Waals surface area contributed by atoms with Crippen LogP contribution in [0.5, 0.6) is 0 Å². The van der Waals surface area contributed by atoms with E-state index in [9.17, 15) is 4.79 Å². The first-order valence-electron chi connectivity index (χ1n) is 3.52. The van der Waals surface area contributed by atoms with Gasteiger partial charge in [0.1, 0.15) is 0 Å². The molecule has 0 radical (unpaired) electrons. The summed E-state index contributed by atoms with van der Waals surface area (Å²) in [5, 5.41) is 0. The van der Waals surface area contributed by atoms with E-state index in [1.807, 2.05) is 20.1 Å². The molecule has 64 valence electrons. The van der Waals surface area contributed by atoms with Gasteiger partial charge >= 0.3 is 5.97 Å². The highest BCUT2D eigenvalue weighted by Gasteiger charge is 2.09. The van der Waals surface area contributed by atoms with Gasteiger partial charge in [-0.2, -0.15) is 0 Å². The fourth-order valence-electron chi connectivity index (χ4n) is 0.688. The minimum Gasteiger partial charge on any atom is -0.462 e. The zero-order valence-corrected chi connectivity index (χ0v) is 8.25. The Balaban J connectivity index is 4.28. The summed E-state index contributed by atoms with van der Waals surface area (Å²) >= 11 is 1.43. The molecule has 0 saturated heterocycles. The largest absolute Gasteiger partial charge is 0.462 e. The summed E-state index contributed by atoms with van der Waals surface area (Å²) in [7, 11) is 0. The Morgan fingerprint density at radius 2 is 2.00 bits per heavy atom. The van der Waals surface area contributed by atoms with Crippen molar-refractivity contribution in [2.75, 3.05) is 12.9 Å². The van der Waals surface area contributed by atoms with Crippen LogP contribution >= 0.6 is 11.8 Å². The summed E-state index contributed by atoms with van der Waals surface area (Å²) in [6, 6.07) is 0. The second-order valence-electron chi connectivity index (χ2n) is 2.25. The van der Waals surface area contributed by atoms with E-state index in [0.717, 1.165) is 5.57 Å². The molecule has 0 unspecified atom stereocenters. The lowest BCUT2D eigenvalue weighted by atomic mass is 10.3. The Bertz CT molecular complexity index is 169. The molecule has 0 rings (SSSR count). The molecule has 0 saturated carbocycles. The van der Waals surface area contributed by atoms with E-state index in [0.29, 0.717) is 11.5 Å². The normalized spacial score (nSPS) is 9.09. The van der Waals surface area contributed by atoms with E-state index in [1.54, 1.807) is 6.92 Å². The zero-order valence-electron chi connectivity index (χ0n) is 7.43. The molecule has 0 amide bonds. The van der Waals surface area contributed by atoms with Crippen molar-refractivity contribution in [1.29, 1.82) is 0 Å². The van der Waals surface area contributed by atoms with Crippen molar-refractivity contribution in [3.8, 4) is 0 Å². The molecule has 0 aromatic carbocycles. The third-order valence-electron chi connectivity index (χ3n) is 1.12. The van der Waals surface area contributed by atoms with Crippen LogP contribution in [0, 0.1) is 0 Å². The van der Waals surface area contributed by atoms with Crippen LogP contribution in [-0.2, 0) is 9.53 Å². The number of thioether (sulfide) groups is 1. The molecule has 0 atom stereocenters. The van der Waals surface area contributed by atoms with Gasteiger partial charge in [0, 0.05) is 0 Å². The van der Waals surface area contributed by atoms with Crippen LogP contribution in [0.2, 0.25) is 0 Å². The molecule has 0 aliphatic heterocycles. The minimum absolute atomic E-state index is 0.208. The topological polar surface area (TPSA) is 26.3 Å². The smallest absolute Gasteiger partial charge is 0.344 e. The molecule has 0 aromatic heterocycles. The van der Waals surface area contributed by atoms with Crippen molar-refractivity contribution in [1.82, 2.24) is 0 Å². The van der Waals surface area contributed by atoms with E-state index >= 15 is 0 Å². The Kier molecular flexibility index (Phi) is 5.03. The van der Waals surface area contributed by atoms with E-state index in [1.165, 1.54) is 11.8 Å². The lowest BCUT2D eigenvalue weighted by Gasteiger charge is -2.04. The van der Waals surface area contributed by atoms with Gasteiger partial charge in [0.2, 0.25) is 0 Å². The Morgan fingerprint density at radius 1 is 1.45 bits per heavy atom. The van der Waals surface area contributed by atoms with Crippen molar-refractivity contribution < 1.29 is 9.53 Å². The zero-order chi connectivity index (χ0) is 8.85. The number of rotatable bonds is 3. The standard InChI is InChI=1S/C8H14O2S/c1-5-10-8(9)7(11-4)6(2)3/h5H2,1-4H3. The highest BCUT2D eigenvalue weighted by Crippen LogP contribution is 2.17. The predicted molar refractivity (Wildman–Crippen MR) is 48.5 cm³/mol. The van der Waals surface area contributed by atoms with Crippen LogP contribution in [0.4, 0.5) is 0 Å². The first-order valence-corrected chi connectivity index (χ1v) is 4.74. The summed E-state index contributed by atoms with van der Waals surface area (Å²) in [5.74, 6) is -0.208. The number of ether oxygens (including phenoxy) is 1. The fraction of sp³-hybridized carbons (Fsp3) is 0.625. The van der Waals surface area contributed by atoms with Crippen LogP contribution in [0.25, 0.3) is 0 Å². The second kappa shape index (κ2) is 5.24. The van der Waals surface area contributed by atoms with Crippen molar-refractivity contribution >= 4 is 17.7 Å². The number of hydrogen-bond acceptors (Lipinski definition) is 3. The van der Waals surface area contributed by atoms with Gasteiger partial charge in [0.15, 0.2) is 0 Å². The fourth-order valence-corrected chi connectivity index (χ4v) is 1.32. The Hall–Kier alpha value is -0.440. The van der Waals surface area contributed by atoms with Crippen molar-refractivity contribution in [2.45, 2.75) is 20.8 Å². The number of carbonyl (C=O) groups excluding carboxylic acids is 1. The van der Waals surface area contributed by atoms with Crippen molar-refractivity contribution in [3.63, 3.8) is 0 Å².